The van der Waals surface area contributed by atoms with Crippen molar-refractivity contribution in [3.05, 3.63) is 12.2 Å². The number of carbonyl (C=O) groups is 11. The van der Waals surface area contributed by atoms with Gasteiger partial charge in [0.05, 0.1) is 11.7 Å². The van der Waals surface area contributed by atoms with Crippen LogP contribution in [0.1, 0.15) is 176 Å². The Morgan fingerprint density at radius 3 is 1.44 bits per heavy atom. The summed E-state index contributed by atoms with van der Waals surface area (Å²) in [6.07, 6.45) is 3.07. The molecule has 26 heteroatoms. The third-order valence-corrected chi connectivity index (χ3v) is 19.0. The van der Waals surface area contributed by atoms with Gasteiger partial charge in [0, 0.05) is 61.5 Å². The number of amides is 11. The summed E-state index contributed by atoms with van der Waals surface area (Å²) in [6, 6.07) is -14.4. The van der Waals surface area contributed by atoms with Crippen molar-refractivity contribution in [2.75, 3.05) is 73.9 Å². The Hall–Kier alpha value is -5.86. The van der Waals surface area contributed by atoms with Gasteiger partial charge in [-0.2, -0.15) is 11.8 Å². The molecule has 0 bridgehead atoms. The molecule has 1 aliphatic rings. The van der Waals surface area contributed by atoms with Gasteiger partial charge in [-0.1, -0.05) is 109 Å². The van der Waals surface area contributed by atoms with Crippen LogP contribution in [0.3, 0.4) is 0 Å². The summed E-state index contributed by atoms with van der Waals surface area (Å²) in [5.41, 5.74) is -1.58. The number of hydrogen-bond acceptors (Lipinski definition) is 15. The average molecular weight is 1380 g/mol. The lowest BCUT2D eigenvalue weighted by atomic mass is 9.91. The Morgan fingerprint density at radius 1 is 0.510 bits per heavy atom. The normalized spacial score (nSPS) is 26.2. The molecule has 1 rings (SSSR count). The molecule has 0 aromatic carbocycles. The highest BCUT2D eigenvalue weighted by molar-refractivity contribution is 7.99. The third-order valence-electron chi connectivity index (χ3n) is 17.9. The summed E-state index contributed by atoms with van der Waals surface area (Å²) in [6.45, 7) is 34.6. The topological polar surface area (TPSA) is 311 Å². The van der Waals surface area contributed by atoms with Crippen LogP contribution in [0.15, 0.2) is 12.2 Å². The van der Waals surface area contributed by atoms with Gasteiger partial charge in [-0.3, -0.25) is 52.7 Å². The first-order valence-electron chi connectivity index (χ1n) is 34.7. The molecule has 13 atom stereocenters. The van der Waals surface area contributed by atoms with Crippen LogP contribution >= 0.6 is 11.8 Å². The standard InChI is InChI=1S/C70H128N12O13S/c1-27-29-31-46(15)58(83)57-62(87)74-49(28-2)64(89)80(24)54(39-96-33-30-32-71-38-43(9)10)67(92)79(23)53(37-70(18,19)95)61(86)75-55(44(11)12)68(93)76(20)50(34-40(3)4)60(85)72-47(16)59(84)73-48(17)63(88)77(21)51(35-41(5)6)65(90)78(22)52(36-42(7)8)66(91)81(25)56(45(13)14)69(94)82(57)26/h27,29,40-58,71,83,95H,28,30-39H2,1-26H3,(H,72,85)(H,73,84)(H,74,87)(H,75,86)/t46-,47+,48-,49+,50+,51+,52+,53+,54-,55+,56+,57+,58-/m1/s1. The Balaban J connectivity index is 4.56. The zero-order valence-electron chi connectivity index (χ0n) is 63.3. The van der Waals surface area contributed by atoms with E-state index in [4.69, 9.17) is 0 Å². The number of aliphatic hydroxyl groups is 2. The quantitative estimate of drug-likeness (QED) is 0.0559. The SMILES string of the molecule is CC=CC[C@@H](C)[C@@H](O)[C@H]1C(=O)N[C@@H](CC)C(=O)N(C)[C@H](CSCCCNCC(C)C)C(=O)N(C)[C@@H](CC(C)(C)O)C(=O)N[C@@H](C(C)C)C(=O)N(C)[C@@H](CC(C)C)C(=O)N[C@@H](C)C(=O)N[C@H](C)C(=O)N(C)[C@@H](CC(C)C)C(=O)N(C)[C@@H](CC(C)C)C(=O)N(C)[C@@H](C(C)C)C(=O)N1C. The van der Waals surface area contributed by atoms with Gasteiger partial charge >= 0.3 is 0 Å². The summed E-state index contributed by atoms with van der Waals surface area (Å²) in [7, 11) is 9.89. The van der Waals surface area contributed by atoms with E-state index in [-0.39, 0.29) is 62.0 Å². The van der Waals surface area contributed by atoms with E-state index in [1.807, 2.05) is 47.6 Å². The summed E-state index contributed by atoms with van der Waals surface area (Å²) >= 11 is 1.39. The molecule has 1 fully saturated rings. The molecule has 552 valence electrons. The van der Waals surface area contributed by atoms with Gasteiger partial charge in [-0.15, -0.1) is 0 Å². The van der Waals surface area contributed by atoms with E-state index in [0.29, 0.717) is 24.6 Å². The minimum absolute atomic E-state index is 0.0207. The number of allylic oxidation sites excluding steroid dienone is 2. The zero-order chi connectivity index (χ0) is 74.3. The van der Waals surface area contributed by atoms with Crippen LogP contribution in [0.2, 0.25) is 0 Å². The zero-order valence-corrected chi connectivity index (χ0v) is 64.1. The van der Waals surface area contributed by atoms with Crippen LogP contribution in [0.25, 0.3) is 0 Å². The van der Waals surface area contributed by atoms with E-state index >= 15 is 28.8 Å². The van der Waals surface area contributed by atoms with Gasteiger partial charge < -0.3 is 71.1 Å². The molecule has 0 aromatic heterocycles. The van der Waals surface area contributed by atoms with Gasteiger partial charge in [-0.25, -0.2) is 0 Å². The van der Waals surface area contributed by atoms with E-state index in [1.165, 1.54) is 113 Å². The van der Waals surface area contributed by atoms with Crippen LogP contribution in [-0.4, -0.2) is 262 Å². The number of rotatable bonds is 23. The summed E-state index contributed by atoms with van der Waals surface area (Å²) < 4.78 is 0. The molecule has 25 nitrogen and oxygen atoms in total. The molecule has 1 saturated heterocycles. The smallest absolute Gasteiger partial charge is 0.246 e. The number of likely N-dealkylation sites (N-methyl/N-ethyl adjacent to an activating group) is 7. The van der Waals surface area contributed by atoms with Gasteiger partial charge in [0.25, 0.3) is 0 Å². The number of hydrogen-bond donors (Lipinski definition) is 7. The van der Waals surface area contributed by atoms with Crippen LogP contribution in [0.4, 0.5) is 0 Å². The van der Waals surface area contributed by atoms with Crippen LogP contribution in [-0.2, 0) is 52.7 Å². The molecule has 0 spiro atoms. The van der Waals surface area contributed by atoms with E-state index in [2.05, 4.69) is 40.4 Å². The first-order chi connectivity index (χ1) is 44.3. The molecule has 7 N–H and O–H groups in total. The number of aliphatic hydroxyl groups excluding tert-OH is 1. The highest BCUT2D eigenvalue weighted by Gasteiger charge is 2.47. The van der Waals surface area contributed by atoms with Crippen LogP contribution in [0, 0.1) is 41.4 Å². The lowest BCUT2D eigenvalue weighted by Gasteiger charge is -2.41. The Labute approximate surface area is 580 Å². The van der Waals surface area contributed by atoms with Crippen molar-refractivity contribution < 1.29 is 63.0 Å². The minimum Gasteiger partial charge on any atom is -0.390 e. The largest absolute Gasteiger partial charge is 0.390 e. The van der Waals surface area contributed by atoms with Gasteiger partial charge in [0.2, 0.25) is 65.0 Å². The second kappa shape index (κ2) is 40.9. The van der Waals surface area contributed by atoms with Crippen LogP contribution in [0.5, 0.6) is 0 Å². The predicted octanol–water partition coefficient (Wildman–Crippen LogP) is 4.12. The predicted molar refractivity (Wildman–Crippen MR) is 378 cm³/mol. The Morgan fingerprint density at radius 2 is 0.958 bits per heavy atom. The fourth-order valence-corrected chi connectivity index (χ4v) is 13.0. The van der Waals surface area contributed by atoms with Crippen molar-refractivity contribution >= 4 is 76.7 Å². The fraction of sp³-hybridized carbons (Fsp3) is 0.814. The second-order valence-corrected chi connectivity index (χ2v) is 30.9. The summed E-state index contributed by atoms with van der Waals surface area (Å²) in [4.78, 5) is 173. The first kappa shape index (κ1) is 88.2. The molecular weight excluding hydrogens is 1250 g/mol. The van der Waals surface area contributed by atoms with Gasteiger partial charge in [0.1, 0.15) is 66.5 Å². The van der Waals surface area contributed by atoms with E-state index in [0.717, 1.165) is 16.3 Å². The number of nitrogens with one attached hydrogen (secondary N) is 5. The van der Waals surface area contributed by atoms with Gasteiger partial charge in [0.15, 0.2) is 0 Å². The molecule has 0 radical (unpaired) electrons. The van der Waals surface area contributed by atoms with E-state index < -0.39 is 161 Å². The van der Waals surface area contributed by atoms with Crippen molar-refractivity contribution in [3.63, 3.8) is 0 Å². The molecular formula is C70H128N12O13S. The van der Waals surface area contributed by atoms with Crippen molar-refractivity contribution in [2.45, 2.75) is 255 Å². The van der Waals surface area contributed by atoms with Gasteiger partial charge in [-0.05, 0) is 133 Å². The third kappa shape index (κ3) is 26.4. The maximum Gasteiger partial charge on any atom is 0.246 e. The van der Waals surface area contributed by atoms with Crippen molar-refractivity contribution in [3.8, 4) is 0 Å². The van der Waals surface area contributed by atoms with Crippen LogP contribution < -0.4 is 26.6 Å². The van der Waals surface area contributed by atoms with Crippen molar-refractivity contribution in [2.24, 2.45) is 41.4 Å². The summed E-state index contributed by atoms with van der Waals surface area (Å²) in [5, 5.41) is 38.2. The average Bonchev–Trinajstić information content (AvgIpc) is 0.810. The van der Waals surface area contributed by atoms with E-state index in [1.54, 1.807) is 54.5 Å². The van der Waals surface area contributed by atoms with Crippen molar-refractivity contribution in [1.29, 1.82) is 0 Å². The highest BCUT2D eigenvalue weighted by atomic mass is 32.2. The summed E-state index contributed by atoms with van der Waals surface area (Å²) in [5.74, 6) is -9.27. The molecule has 0 aromatic rings. The van der Waals surface area contributed by atoms with Crippen molar-refractivity contribution in [1.82, 2.24) is 60.9 Å². The maximum atomic E-state index is 15.4. The Kier molecular flexibility index (Phi) is 37.5. The number of nitrogens with zero attached hydrogens (tertiary/aromatic N) is 7. The first-order valence-corrected chi connectivity index (χ1v) is 35.9. The number of carbonyl (C=O) groups excluding carboxylic acids is 11. The molecule has 96 heavy (non-hydrogen) atoms. The molecule has 1 aliphatic heterocycles. The Bertz CT molecular complexity index is 2600. The fourth-order valence-electron chi connectivity index (χ4n) is 11.9. The lowest BCUT2D eigenvalue weighted by Crippen LogP contribution is -2.64. The molecule has 0 aliphatic carbocycles. The molecule has 0 unspecified atom stereocenters. The maximum absolute atomic E-state index is 15.4. The monoisotopic (exact) mass is 1380 g/mol. The molecule has 11 amide bonds. The molecule has 1 heterocycles. The van der Waals surface area contributed by atoms with E-state index in [9.17, 15) is 34.2 Å². The number of thioether (sulfide) groups is 1. The highest BCUT2D eigenvalue weighted by Crippen LogP contribution is 2.27. The molecule has 0 saturated carbocycles. The lowest BCUT2D eigenvalue weighted by molar-refractivity contribution is -0.157. The minimum atomic E-state index is -1.66. The second-order valence-electron chi connectivity index (χ2n) is 29.7.